The average molecular weight is 672 g/mol. The van der Waals surface area contributed by atoms with Gasteiger partial charge < -0.3 is 35.1 Å². The number of hydrogen-bond donors (Lipinski definition) is 4. The largest absolute Gasteiger partial charge is 0.462 e. The Morgan fingerprint density at radius 1 is 1.33 bits per heavy atom. The predicted molar refractivity (Wildman–Crippen MR) is 161 cm³/mol. The highest BCUT2D eigenvalue weighted by molar-refractivity contribution is 8.13. The van der Waals surface area contributed by atoms with E-state index in [9.17, 15) is 14.7 Å². The third-order valence-corrected chi connectivity index (χ3v) is 10.1. The number of fused-ring (bicyclic) bond motifs is 1. The van der Waals surface area contributed by atoms with Gasteiger partial charge in [0.15, 0.2) is 22.8 Å². The van der Waals surface area contributed by atoms with Crippen LogP contribution in [-0.4, -0.2) is 84.2 Å². The fourth-order valence-electron chi connectivity index (χ4n) is 3.65. The first-order valence-corrected chi connectivity index (χ1v) is 16.9. The minimum atomic E-state index is -3.50. The van der Waals surface area contributed by atoms with Gasteiger partial charge >= 0.3 is 5.97 Å². The number of carbonyl (C=O) groups excluding carboxylic acids is 2. The number of anilines is 2. The van der Waals surface area contributed by atoms with E-state index in [2.05, 4.69) is 20.0 Å². The number of nitrogens with one attached hydrogen (secondary N) is 1. The molecular weight excluding hydrogens is 636 g/mol. The van der Waals surface area contributed by atoms with Crippen molar-refractivity contribution in [3.05, 3.63) is 6.33 Å². The van der Waals surface area contributed by atoms with Crippen molar-refractivity contribution in [2.75, 3.05) is 30.4 Å². The van der Waals surface area contributed by atoms with Gasteiger partial charge in [0.25, 0.3) is 11.8 Å². The summed E-state index contributed by atoms with van der Waals surface area (Å²) in [5.41, 5.74) is 11.1. The Bertz CT molecular complexity index is 1350. The van der Waals surface area contributed by atoms with Crippen LogP contribution in [0.5, 0.6) is 0 Å². The van der Waals surface area contributed by atoms with E-state index in [1.165, 1.54) is 13.3 Å². The smallest absolute Gasteiger partial charge is 0.323 e. The van der Waals surface area contributed by atoms with E-state index in [1.54, 1.807) is 34.6 Å². The number of nitrogen functional groups attached to an aromatic ring is 2. The van der Waals surface area contributed by atoms with Crippen molar-refractivity contribution in [2.24, 2.45) is 5.41 Å². The zero-order chi connectivity index (χ0) is 31.6. The van der Waals surface area contributed by atoms with Gasteiger partial charge in [-0.1, -0.05) is 44.1 Å². The van der Waals surface area contributed by atoms with Gasteiger partial charge in [-0.05, 0) is 32.6 Å². The van der Waals surface area contributed by atoms with E-state index in [-0.39, 0.29) is 46.5 Å². The number of carbonyl (C=O) groups is 2. The number of rotatable bonds is 12. The molecule has 2 aromatic rings. The third-order valence-electron chi connectivity index (χ3n) is 5.75. The van der Waals surface area contributed by atoms with Crippen LogP contribution < -0.4 is 16.6 Å². The molecule has 1 saturated heterocycles. The lowest BCUT2D eigenvalue weighted by atomic mass is 10.00. The second-order valence-electron chi connectivity index (χ2n) is 10.8. The topological polar surface area (TPSA) is 199 Å². The van der Waals surface area contributed by atoms with Crippen LogP contribution in [0.1, 0.15) is 47.8 Å². The van der Waals surface area contributed by atoms with E-state index in [4.69, 9.17) is 53.4 Å². The Hall–Kier alpha value is -1.69. The fourth-order valence-corrected chi connectivity index (χ4v) is 7.21. The molecule has 14 nitrogen and oxygen atoms in total. The third kappa shape index (κ3) is 8.27. The van der Waals surface area contributed by atoms with Gasteiger partial charge in [0.05, 0.1) is 25.6 Å². The number of nitrogens with zero attached hydrogens (tertiary/aromatic N) is 4. The molecule has 0 radical (unpaired) electrons. The molecule has 0 bridgehead atoms. The summed E-state index contributed by atoms with van der Waals surface area (Å²) in [7, 11) is 0. The van der Waals surface area contributed by atoms with E-state index < -0.39 is 54.2 Å². The normalized spacial score (nSPS) is 25.0. The number of imidazole rings is 1. The number of thioether (sulfide) groups is 1. The monoisotopic (exact) mass is 671 g/mol. The number of aromatic nitrogens is 4. The van der Waals surface area contributed by atoms with Crippen LogP contribution in [-0.2, 0) is 39.9 Å². The number of halogens is 2. The molecule has 3 rings (SSSR count). The summed E-state index contributed by atoms with van der Waals surface area (Å²) in [4.78, 5) is 36.6. The lowest BCUT2D eigenvalue weighted by molar-refractivity contribution is -0.149. The first-order chi connectivity index (χ1) is 19.4. The van der Waals surface area contributed by atoms with Crippen molar-refractivity contribution in [1.82, 2.24) is 24.6 Å². The maximum absolute atomic E-state index is 15.7. The molecule has 0 spiro atoms. The van der Waals surface area contributed by atoms with Gasteiger partial charge in [0, 0.05) is 11.2 Å². The quantitative estimate of drug-likeness (QED) is 0.111. The number of nitrogens with two attached hydrogens (primary N) is 2. The lowest BCUT2D eigenvalue weighted by Gasteiger charge is -2.28. The van der Waals surface area contributed by atoms with Crippen molar-refractivity contribution in [3.8, 4) is 0 Å². The van der Waals surface area contributed by atoms with Crippen LogP contribution in [0.25, 0.3) is 11.2 Å². The van der Waals surface area contributed by atoms with Crippen LogP contribution in [0.2, 0.25) is 0 Å². The molecule has 3 heterocycles. The number of ether oxygens (including phenoxy) is 2. The number of hydrogen-bond acceptors (Lipinski definition) is 14. The van der Waals surface area contributed by atoms with Crippen LogP contribution in [0, 0.1) is 5.41 Å². The summed E-state index contributed by atoms with van der Waals surface area (Å²) < 4.78 is 39.5. The Labute approximate surface area is 256 Å². The van der Waals surface area contributed by atoms with E-state index >= 15 is 4.39 Å². The summed E-state index contributed by atoms with van der Waals surface area (Å²) in [6, 6.07) is -0.939. The maximum Gasteiger partial charge on any atom is 0.323 e. The van der Waals surface area contributed by atoms with Gasteiger partial charge in [-0.3, -0.25) is 14.2 Å². The van der Waals surface area contributed by atoms with Crippen LogP contribution in [0.4, 0.5) is 16.2 Å². The Morgan fingerprint density at radius 2 is 2.00 bits per heavy atom. The van der Waals surface area contributed by atoms with Crippen molar-refractivity contribution in [1.29, 1.82) is 0 Å². The predicted octanol–water partition coefficient (Wildman–Crippen LogP) is 2.65. The second-order valence-corrected chi connectivity index (χ2v) is 15.6. The maximum atomic E-state index is 15.7. The lowest BCUT2D eigenvalue weighted by Crippen LogP contribution is -2.39. The summed E-state index contributed by atoms with van der Waals surface area (Å²) in [5, 5.41) is 10.7. The van der Waals surface area contributed by atoms with E-state index in [1.807, 2.05) is 0 Å². The highest BCUT2D eigenvalue weighted by Crippen LogP contribution is 2.49. The molecule has 6 atom stereocenters. The molecule has 2 aromatic heterocycles. The van der Waals surface area contributed by atoms with Crippen molar-refractivity contribution in [3.63, 3.8) is 0 Å². The Kier molecular flexibility index (Phi) is 11.2. The SMILES string of the molecule is CC(C)OC(=O)[C@@H](C)N[P@](=S)(OCCSC(=O)C(C)(C)C)OC[C@H]1O[C@@H](n2cnc3c(N)nc(N)nc32)[C@@](F)(Cl)[C@@H]1O. The number of aliphatic hydroxyl groups excluding tert-OH is 1. The first kappa shape index (κ1) is 34.8. The Morgan fingerprint density at radius 3 is 2.62 bits per heavy atom. The standard InChI is InChI=1S/C23H36ClFN7O7PS2/c1-11(2)38-18(34)12(3)31-40(41,36-7-8-42-20(35)22(4,5)6)37-9-13-15(33)23(24,25)19(39-13)32-10-28-14-16(26)29-21(27)30-17(14)32/h10-13,15,19,33H,7-9H2,1-6H3,(H,31,41)(H4,26,27,29,30)/t12-,13-,15-,19-,23-,40+/m1/s1. The molecule has 0 unspecified atom stereocenters. The van der Waals surface area contributed by atoms with E-state index in [0.29, 0.717) is 0 Å². The van der Waals surface area contributed by atoms with Crippen LogP contribution in [0.15, 0.2) is 6.33 Å². The van der Waals surface area contributed by atoms with Gasteiger partial charge in [0.2, 0.25) is 5.95 Å². The summed E-state index contributed by atoms with van der Waals surface area (Å²) in [6.45, 7) is 6.31. The molecule has 1 aliphatic heterocycles. The van der Waals surface area contributed by atoms with Crippen molar-refractivity contribution < 1.29 is 37.6 Å². The number of aliphatic hydroxyl groups is 1. The summed E-state index contributed by atoms with van der Waals surface area (Å²) in [6.07, 6.45) is -4.05. The van der Waals surface area contributed by atoms with Gasteiger partial charge in [0.1, 0.15) is 23.8 Å². The molecule has 0 saturated carbocycles. The molecule has 0 aromatic carbocycles. The molecule has 236 valence electrons. The summed E-state index contributed by atoms with van der Waals surface area (Å²) >= 11 is 12.8. The molecule has 6 N–H and O–H groups in total. The molecule has 0 aliphatic carbocycles. The summed E-state index contributed by atoms with van der Waals surface area (Å²) in [5.74, 6) is -0.566. The average Bonchev–Trinajstić information content (AvgIpc) is 3.37. The second kappa shape index (κ2) is 13.5. The zero-order valence-electron chi connectivity index (χ0n) is 23.9. The zero-order valence-corrected chi connectivity index (χ0v) is 27.2. The molecular formula is C23H36ClFN7O7PS2. The molecule has 0 amide bonds. The molecule has 42 heavy (non-hydrogen) atoms. The molecule has 1 fully saturated rings. The van der Waals surface area contributed by atoms with E-state index in [0.717, 1.165) is 16.3 Å². The molecule has 19 heteroatoms. The van der Waals surface area contributed by atoms with Crippen LogP contribution >= 0.6 is 30.0 Å². The van der Waals surface area contributed by atoms with Gasteiger partial charge in [-0.2, -0.15) is 9.97 Å². The van der Waals surface area contributed by atoms with Gasteiger partial charge in [-0.15, -0.1) is 0 Å². The van der Waals surface area contributed by atoms with Crippen LogP contribution in [0.3, 0.4) is 0 Å². The minimum absolute atomic E-state index is 0.00839. The van der Waals surface area contributed by atoms with Crippen molar-refractivity contribution in [2.45, 2.75) is 77.3 Å². The molecule has 1 aliphatic rings. The van der Waals surface area contributed by atoms with Crippen molar-refractivity contribution >= 4 is 75.8 Å². The number of esters is 1. The van der Waals surface area contributed by atoms with Gasteiger partial charge in [-0.25, -0.2) is 14.5 Å². The highest BCUT2D eigenvalue weighted by Gasteiger charge is 2.58. The highest BCUT2D eigenvalue weighted by atomic mass is 35.5. The Balaban J connectivity index is 1.76. The first-order valence-electron chi connectivity index (χ1n) is 12.9. The minimum Gasteiger partial charge on any atom is -0.462 e. The fraction of sp³-hybridized carbons (Fsp3) is 0.696. The number of alkyl halides is 2.